The van der Waals surface area contributed by atoms with Crippen molar-refractivity contribution in [3.05, 3.63) is 59.7 Å². The van der Waals surface area contributed by atoms with Gasteiger partial charge in [0, 0.05) is 0 Å². The van der Waals surface area contributed by atoms with E-state index in [9.17, 15) is 13.2 Å². The summed E-state index contributed by atoms with van der Waals surface area (Å²) in [6.45, 7) is 5.56. The molecule has 2 aromatic rings. The number of rotatable bonds is 6. The Morgan fingerprint density at radius 1 is 1.18 bits per heavy atom. The Labute approximate surface area is 166 Å². The zero-order valence-corrected chi connectivity index (χ0v) is 17.2. The molecule has 0 bridgehead atoms. The van der Waals surface area contributed by atoms with Crippen molar-refractivity contribution in [1.29, 1.82) is 0 Å². The molecule has 3 rings (SSSR count). The first-order valence-corrected chi connectivity index (χ1v) is 11.1. The lowest BCUT2D eigenvalue weighted by Gasteiger charge is -2.35. The normalized spacial score (nSPS) is 17.4. The molecule has 1 heterocycles. The van der Waals surface area contributed by atoms with Gasteiger partial charge in [-0.25, -0.2) is 8.42 Å². The Balaban J connectivity index is 1.83. The molecule has 1 N–H and O–H groups in total. The molecule has 0 spiro atoms. The maximum Gasteiger partial charge on any atom is 0.263 e. The van der Waals surface area contributed by atoms with Crippen molar-refractivity contribution >= 4 is 21.6 Å². The predicted molar refractivity (Wildman–Crippen MR) is 110 cm³/mol. The van der Waals surface area contributed by atoms with Crippen LogP contribution in [0.25, 0.3) is 0 Å². The van der Waals surface area contributed by atoms with Gasteiger partial charge in [0.05, 0.1) is 24.0 Å². The van der Waals surface area contributed by atoms with Gasteiger partial charge in [-0.15, -0.1) is 0 Å². The Kier molecular flexibility index (Phi) is 5.93. The first kappa shape index (κ1) is 20.2. The van der Waals surface area contributed by atoms with E-state index in [2.05, 4.69) is 5.32 Å². The third kappa shape index (κ3) is 4.14. The van der Waals surface area contributed by atoms with Crippen molar-refractivity contribution in [2.24, 2.45) is 0 Å². The molecular formula is C21H26N2O4S. The van der Waals surface area contributed by atoms with Crippen LogP contribution in [0.2, 0.25) is 0 Å². The van der Waals surface area contributed by atoms with Crippen molar-refractivity contribution in [3.8, 4) is 5.75 Å². The highest BCUT2D eigenvalue weighted by atomic mass is 32.2. The van der Waals surface area contributed by atoms with Crippen LogP contribution in [-0.2, 0) is 14.8 Å². The number of hydrogen-bond acceptors (Lipinski definition) is 4. The fourth-order valence-electron chi connectivity index (χ4n) is 3.24. The molecule has 1 aliphatic heterocycles. The monoisotopic (exact) mass is 402 g/mol. The summed E-state index contributed by atoms with van der Waals surface area (Å²) in [5.74, 6) is 0.0314. The van der Waals surface area contributed by atoms with Crippen LogP contribution in [0.3, 0.4) is 0 Å². The van der Waals surface area contributed by atoms with Gasteiger partial charge in [-0.2, -0.15) is 0 Å². The zero-order chi connectivity index (χ0) is 20.3. The SMILES string of the molecule is CCC(NC(=O)C1CN(S(=O)(=O)CC)c2ccccc2O1)c1ccc(C)cc1. The number of ether oxygens (including phenoxy) is 1. The average Bonchev–Trinajstić information content (AvgIpc) is 2.71. The fraction of sp³-hybridized carbons (Fsp3) is 0.381. The molecule has 0 radical (unpaired) electrons. The lowest BCUT2D eigenvalue weighted by molar-refractivity contribution is -0.128. The van der Waals surface area contributed by atoms with Crippen LogP contribution >= 0.6 is 0 Å². The first-order valence-electron chi connectivity index (χ1n) is 9.48. The molecule has 1 aliphatic rings. The number of fused-ring (bicyclic) bond motifs is 1. The van der Waals surface area contributed by atoms with Crippen LogP contribution in [-0.4, -0.2) is 32.7 Å². The molecule has 1 amide bonds. The molecule has 7 heteroatoms. The Morgan fingerprint density at radius 3 is 2.50 bits per heavy atom. The molecule has 2 unspecified atom stereocenters. The van der Waals surface area contributed by atoms with E-state index in [-0.39, 0.29) is 24.2 Å². The second-order valence-electron chi connectivity index (χ2n) is 6.89. The van der Waals surface area contributed by atoms with E-state index in [1.807, 2.05) is 38.1 Å². The topological polar surface area (TPSA) is 75.7 Å². The van der Waals surface area contributed by atoms with Gasteiger partial charge in [-0.3, -0.25) is 9.10 Å². The third-order valence-corrected chi connectivity index (χ3v) is 6.68. The van der Waals surface area contributed by atoms with E-state index in [4.69, 9.17) is 4.74 Å². The summed E-state index contributed by atoms with van der Waals surface area (Å²) >= 11 is 0. The second kappa shape index (κ2) is 8.22. The summed E-state index contributed by atoms with van der Waals surface area (Å²) in [5, 5.41) is 3.01. The van der Waals surface area contributed by atoms with Crippen LogP contribution in [0.1, 0.15) is 37.4 Å². The molecule has 2 aromatic carbocycles. The van der Waals surface area contributed by atoms with Crippen molar-refractivity contribution < 1.29 is 17.9 Å². The number of para-hydroxylation sites is 2. The maximum absolute atomic E-state index is 12.9. The summed E-state index contributed by atoms with van der Waals surface area (Å²) in [6, 6.07) is 14.7. The Morgan fingerprint density at radius 2 is 1.86 bits per heavy atom. The lowest BCUT2D eigenvalue weighted by Crippen LogP contribution is -2.51. The summed E-state index contributed by atoms with van der Waals surface area (Å²) in [4.78, 5) is 12.9. The van der Waals surface area contributed by atoms with Gasteiger partial charge >= 0.3 is 0 Å². The van der Waals surface area contributed by atoms with E-state index in [0.717, 1.165) is 17.5 Å². The maximum atomic E-state index is 12.9. The molecule has 0 aromatic heterocycles. The number of carbonyl (C=O) groups excluding carboxylic acids is 1. The summed E-state index contributed by atoms with van der Waals surface area (Å²) < 4.78 is 32.2. The average molecular weight is 403 g/mol. The highest BCUT2D eigenvalue weighted by molar-refractivity contribution is 7.92. The van der Waals surface area contributed by atoms with Crippen LogP contribution in [0.15, 0.2) is 48.5 Å². The molecule has 6 nitrogen and oxygen atoms in total. The van der Waals surface area contributed by atoms with Crippen molar-refractivity contribution in [1.82, 2.24) is 5.32 Å². The largest absolute Gasteiger partial charge is 0.476 e. The molecule has 28 heavy (non-hydrogen) atoms. The number of anilines is 1. The molecule has 0 saturated heterocycles. The van der Waals surface area contributed by atoms with Gasteiger partial charge < -0.3 is 10.1 Å². The Bertz CT molecular complexity index is 941. The van der Waals surface area contributed by atoms with Gasteiger partial charge in [0.1, 0.15) is 5.75 Å². The molecule has 0 saturated carbocycles. The first-order chi connectivity index (χ1) is 13.4. The van der Waals surface area contributed by atoms with E-state index in [1.54, 1.807) is 31.2 Å². The number of aryl methyl sites for hydroxylation is 1. The Hall–Kier alpha value is -2.54. The number of hydrogen-bond donors (Lipinski definition) is 1. The van der Waals surface area contributed by atoms with Gasteiger partial charge in [0.2, 0.25) is 10.0 Å². The van der Waals surface area contributed by atoms with E-state index in [1.165, 1.54) is 4.31 Å². The number of amides is 1. The van der Waals surface area contributed by atoms with Crippen molar-refractivity contribution in [3.63, 3.8) is 0 Å². The van der Waals surface area contributed by atoms with Gasteiger partial charge in [0.15, 0.2) is 6.10 Å². The van der Waals surface area contributed by atoms with Crippen LogP contribution in [0.5, 0.6) is 5.75 Å². The molecular weight excluding hydrogens is 376 g/mol. The molecule has 0 aliphatic carbocycles. The van der Waals surface area contributed by atoms with Crippen LogP contribution < -0.4 is 14.4 Å². The van der Waals surface area contributed by atoms with Crippen molar-refractivity contribution in [2.75, 3.05) is 16.6 Å². The molecule has 0 fully saturated rings. The minimum atomic E-state index is -3.52. The smallest absolute Gasteiger partial charge is 0.263 e. The zero-order valence-electron chi connectivity index (χ0n) is 16.4. The standard InChI is InChI=1S/C21H26N2O4S/c1-4-17(16-12-10-15(3)11-13-16)22-21(24)20-14-23(28(25,26)5-2)18-8-6-7-9-19(18)27-20/h6-13,17,20H,4-5,14H2,1-3H3,(H,22,24). The fourth-order valence-corrected chi connectivity index (χ4v) is 4.37. The lowest BCUT2D eigenvalue weighted by atomic mass is 10.0. The number of sulfonamides is 1. The minimum Gasteiger partial charge on any atom is -0.476 e. The van der Waals surface area contributed by atoms with Gasteiger partial charge in [-0.05, 0) is 38.0 Å². The minimum absolute atomic E-state index is 0.0383. The number of carbonyl (C=O) groups is 1. The summed E-state index contributed by atoms with van der Waals surface area (Å²) in [5.41, 5.74) is 2.63. The molecule has 150 valence electrons. The highest BCUT2D eigenvalue weighted by Gasteiger charge is 2.36. The van der Waals surface area contributed by atoms with Gasteiger partial charge in [-0.1, -0.05) is 48.9 Å². The van der Waals surface area contributed by atoms with Crippen LogP contribution in [0.4, 0.5) is 5.69 Å². The van der Waals surface area contributed by atoms with E-state index < -0.39 is 16.1 Å². The summed E-state index contributed by atoms with van der Waals surface area (Å²) in [7, 11) is -3.52. The number of benzene rings is 2. The third-order valence-electron chi connectivity index (χ3n) is 4.93. The number of nitrogens with zero attached hydrogens (tertiary/aromatic N) is 1. The van der Waals surface area contributed by atoms with Crippen LogP contribution in [0, 0.1) is 6.92 Å². The second-order valence-corrected chi connectivity index (χ2v) is 9.07. The number of nitrogens with one attached hydrogen (secondary N) is 1. The van der Waals surface area contributed by atoms with E-state index in [0.29, 0.717) is 11.4 Å². The quantitative estimate of drug-likeness (QED) is 0.805. The molecule has 2 atom stereocenters. The summed E-state index contributed by atoms with van der Waals surface area (Å²) in [6.07, 6.45) is -0.189. The van der Waals surface area contributed by atoms with E-state index >= 15 is 0 Å². The highest BCUT2D eigenvalue weighted by Crippen LogP contribution is 2.35. The van der Waals surface area contributed by atoms with Gasteiger partial charge in [0.25, 0.3) is 5.91 Å². The van der Waals surface area contributed by atoms with Crippen molar-refractivity contribution in [2.45, 2.75) is 39.3 Å². The predicted octanol–water partition coefficient (Wildman–Crippen LogP) is 3.18.